The normalized spacial score (nSPS) is 27.1. The topological polar surface area (TPSA) is 55.1 Å². The quantitative estimate of drug-likeness (QED) is 0.858. The van der Waals surface area contributed by atoms with Crippen molar-refractivity contribution in [3.8, 4) is 0 Å². The first-order valence-electron chi connectivity index (χ1n) is 6.71. The van der Waals surface area contributed by atoms with E-state index < -0.39 is 5.54 Å². The van der Waals surface area contributed by atoms with Crippen LogP contribution < -0.4 is 11.1 Å². The zero-order valence-electron chi connectivity index (χ0n) is 11.2. The Labute approximate surface area is 109 Å². The molecule has 0 radical (unpaired) electrons. The fraction of sp³-hybridized carbons (Fsp3) is 0.533. The Balaban J connectivity index is 2.23. The molecule has 3 heteroatoms. The smallest absolute Gasteiger partial charge is 0.243 e. The number of hydrogen-bond acceptors (Lipinski definition) is 2. The van der Waals surface area contributed by atoms with Crippen molar-refractivity contribution in [2.24, 2.45) is 11.7 Å². The molecule has 1 saturated carbocycles. The molecule has 1 aromatic carbocycles. The number of carbonyl (C=O) groups is 1. The van der Waals surface area contributed by atoms with Gasteiger partial charge in [-0.1, -0.05) is 31.5 Å². The lowest BCUT2D eigenvalue weighted by Crippen LogP contribution is -2.48. The molecule has 2 atom stereocenters. The van der Waals surface area contributed by atoms with E-state index in [0.29, 0.717) is 5.92 Å². The van der Waals surface area contributed by atoms with Gasteiger partial charge in [0.05, 0.1) is 0 Å². The van der Waals surface area contributed by atoms with Gasteiger partial charge in [0, 0.05) is 5.69 Å². The Bertz CT molecular complexity index is 444. The van der Waals surface area contributed by atoms with Crippen LogP contribution in [0.1, 0.15) is 38.2 Å². The highest BCUT2D eigenvalue weighted by atomic mass is 16.1. The molecule has 1 aliphatic rings. The molecule has 1 aromatic rings. The maximum absolute atomic E-state index is 11.9. The number of aryl methyl sites for hydroxylation is 1. The number of anilines is 1. The second-order valence-electron chi connectivity index (χ2n) is 5.40. The molecule has 98 valence electrons. The summed E-state index contributed by atoms with van der Waals surface area (Å²) >= 11 is 0. The molecule has 3 nitrogen and oxygen atoms in total. The standard InChI is InChI=1S/C15H22N2O/c1-3-12-8-9-15(10-12,14(16)18)17-13-7-5-4-6-11(13)2/h4-7,12,17H,3,8-10H2,1-2H3,(H2,16,18). The average Bonchev–Trinajstić information content (AvgIpc) is 2.77. The van der Waals surface area contributed by atoms with E-state index in [-0.39, 0.29) is 5.91 Å². The van der Waals surface area contributed by atoms with Crippen molar-refractivity contribution >= 4 is 11.6 Å². The van der Waals surface area contributed by atoms with Gasteiger partial charge in [-0.3, -0.25) is 4.79 Å². The van der Waals surface area contributed by atoms with Gasteiger partial charge in [-0.05, 0) is 43.7 Å². The summed E-state index contributed by atoms with van der Waals surface area (Å²) in [5.41, 5.74) is 7.27. The second-order valence-corrected chi connectivity index (χ2v) is 5.40. The number of amides is 1. The molecule has 0 aromatic heterocycles. The van der Waals surface area contributed by atoms with Crippen LogP contribution in [-0.4, -0.2) is 11.4 Å². The van der Waals surface area contributed by atoms with Crippen LogP contribution in [0.15, 0.2) is 24.3 Å². The molecule has 0 bridgehead atoms. The van der Waals surface area contributed by atoms with Gasteiger partial charge in [-0.2, -0.15) is 0 Å². The lowest BCUT2D eigenvalue weighted by molar-refractivity contribution is -0.122. The number of primary amides is 1. The Morgan fingerprint density at radius 2 is 2.22 bits per heavy atom. The van der Waals surface area contributed by atoms with Crippen LogP contribution >= 0.6 is 0 Å². The average molecular weight is 246 g/mol. The predicted octanol–water partition coefficient (Wildman–Crippen LogP) is 2.84. The molecule has 2 rings (SSSR count). The molecule has 1 amide bonds. The lowest BCUT2D eigenvalue weighted by atomic mass is 9.93. The van der Waals surface area contributed by atoms with Gasteiger partial charge in [0.25, 0.3) is 0 Å². The Morgan fingerprint density at radius 1 is 1.50 bits per heavy atom. The van der Waals surface area contributed by atoms with Crippen molar-refractivity contribution in [3.05, 3.63) is 29.8 Å². The van der Waals surface area contributed by atoms with E-state index in [1.807, 2.05) is 31.2 Å². The Hall–Kier alpha value is -1.51. The van der Waals surface area contributed by atoms with Crippen molar-refractivity contribution in [1.82, 2.24) is 0 Å². The van der Waals surface area contributed by atoms with Crippen molar-refractivity contribution in [2.75, 3.05) is 5.32 Å². The van der Waals surface area contributed by atoms with Gasteiger partial charge in [0.1, 0.15) is 5.54 Å². The first-order chi connectivity index (χ1) is 8.57. The van der Waals surface area contributed by atoms with E-state index >= 15 is 0 Å². The summed E-state index contributed by atoms with van der Waals surface area (Å²) in [4.78, 5) is 11.9. The van der Waals surface area contributed by atoms with Crippen LogP contribution in [0.3, 0.4) is 0 Å². The predicted molar refractivity (Wildman–Crippen MR) is 74.4 cm³/mol. The maximum atomic E-state index is 11.9. The number of rotatable bonds is 4. The van der Waals surface area contributed by atoms with Crippen LogP contribution in [0, 0.1) is 12.8 Å². The SMILES string of the molecule is CCC1CCC(Nc2ccccc2C)(C(N)=O)C1. The first-order valence-corrected chi connectivity index (χ1v) is 6.71. The summed E-state index contributed by atoms with van der Waals surface area (Å²) < 4.78 is 0. The second kappa shape index (κ2) is 5.01. The molecule has 0 spiro atoms. The summed E-state index contributed by atoms with van der Waals surface area (Å²) in [5.74, 6) is 0.385. The Kier molecular flexibility index (Phi) is 3.60. The minimum Gasteiger partial charge on any atom is -0.371 e. The summed E-state index contributed by atoms with van der Waals surface area (Å²) in [6.07, 6.45) is 3.89. The molecular weight excluding hydrogens is 224 g/mol. The summed E-state index contributed by atoms with van der Waals surface area (Å²) in [7, 11) is 0. The Morgan fingerprint density at radius 3 is 2.78 bits per heavy atom. The highest BCUT2D eigenvalue weighted by Crippen LogP contribution is 2.39. The number of para-hydroxylation sites is 1. The van der Waals surface area contributed by atoms with Crippen molar-refractivity contribution in [2.45, 2.75) is 45.1 Å². The molecule has 1 fully saturated rings. The van der Waals surface area contributed by atoms with Gasteiger partial charge in [0.2, 0.25) is 5.91 Å². The van der Waals surface area contributed by atoms with Gasteiger partial charge in [-0.25, -0.2) is 0 Å². The molecule has 2 unspecified atom stereocenters. The molecule has 18 heavy (non-hydrogen) atoms. The number of hydrogen-bond donors (Lipinski definition) is 2. The number of nitrogens with one attached hydrogen (secondary N) is 1. The van der Waals surface area contributed by atoms with Gasteiger partial charge < -0.3 is 11.1 Å². The molecular formula is C15H22N2O. The van der Waals surface area contributed by atoms with E-state index in [9.17, 15) is 4.79 Å². The van der Waals surface area contributed by atoms with E-state index in [4.69, 9.17) is 5.73 Å². The first kappa shape index (κ1) is 12.9. The minimum absolute atomic E-state index is 0.221. The van der Waals surface area contributed by atoms with E-state index in [2.05, 4.69) is 12.2 Å². The lowest BCUT2D eigenvalue weighted by Gasteiger charge is -2.29. The van der Waals surface area contributed by atoms with E-state index in [1.165, 1.54) is 0 Å². The van der Waals surface area contributed by atoms with Crippen molar-refractivity contribution in [1.29, 1.82) is 0 Å². The third-order valence-corrected chi connectivity index (χ3v) is 4.18. The number of benzene rings is 1. The summed E-state index contributed by atoms with van der Waals surface area (Å²) in [6, 6.07) is 8.04. The van der Waals surface area contributed by atoms with Crippen LogP contribution in [0.5, 0.6) is 0 Å². The highest BCUT2D eigenvalue weighted by molar-refractivity contribution is 5.88. The zero-order chi connectivity index (χ0) is 13.2. The van der Waals surface area contributed by atoms with Crippen LogP contribution in [0.4, 0.5) is 5.69 Å². The third-order valence-electron chi connectivity index (χ3n) is 4.18. The molecule has 0 heterocycles. The molecule has 1 aliphatic carbocycles. The van der Waals surface area contributed by atoms with Gasteiger partial charge in [0.15, 0.2) is 0 Å². The summed E-state index contributed by atoms with van der Waals surface area (Å²) in [5, 5.41) is 3.41. The zero-order valence-corrected chi connectivity index (χ0v) is 11.2. The van der Waals surface area contributed by atoms with E-state index in [1.54, 1.807) is 0 Å². The van der Waals surface area contributed by atoms with Crippen molar-refractivity contribution < 1.29 is 4.79 Å². The fourth-order valence-corrected chi connectivity index (χ4v) is 2.87. The number of nitrogens with two attached hydrogens (primary N) is 1. The van der Waals surface area contributed by atoms with Crippen molar-refractivity contribution in [3.63, 3.8) is 0 Å². The van der Waals surface area contributed by atoms with Crippen LogP contribution in [-0.2, 0) is 4.79 Å². The highest BCUT2D eigenvalue weighted by Gasteiger charge is 2.43. The van der Waals surface area contributed by atoms with Gasteiger partial charge in [-0.15, -0.1) is 0 Å². The summed E-state index contributed by atoms with van der Waals surface area (Å²) in [6.45, 7) is 4.22. The number of carbonyl (C=O) groups excluding carboxylic acids is 1. The maximum Gasteiger partial charge on any atom is 0.243 e. The monoisotopic (exact) mass is 246 g/mol. The third kappa shape index (κ3) is 2.35. The minimum atomic E-state index is -0.549. The van der Waals surface area contributed by atoms with E-state index in [0.717, 1.165) is 36.9 Å². The largest absolute Gasteiger partial charge is 0.371 e. The van der Waals surface area contributed by atoms with Gasteiger partial charge >= 0.3 is 0 Å². The van der Waals surface area contributed by atoms with Crippen LogP contribution in [0.25, 0.3) is 0 Å². The molecule has 0 aliphatic heterocycles. The fourth-order valence-electron chi connectivity index (χ4n) is 2.87. The molecule has 0 saturated heterocycles. The molecule has 3 N–H and O–H groups in total. The van der Waals surface area contributed by atoms with Crippen LogP contribution in [0.2, 0.25) is 0 Å².